The van der Waals surface area contributed by atoms with Crippen molar-refractivity contribution in [2.75, 3.05) is 6.61 Å². The number of halogens is 2. The van der Waals surface area contributed by atoms with E-state index in [9.17, 15) is 14.4 Å². The topological polar surface area (TPSA) is 94.6 Å². The second-order valence-electron chi connectivity index (χ2n) is 7.72. The van der Waals surface area contributed by atoms with E-state index in [1.54, 1.807) is 24.3 Å². The second kappa shape index (κ2) is 9.55. The van der Waals surface area contributed by atoms with Gasteiger partial charge in [0.15, 0.2) is 17.3 Å². The summed E-state index contributed by atoms with van der Waals surface area (Å²) >= 11 is 6.58. The summed E-state index contributed by atoms with van der Waals surface area (Å²) in [4.78, 5) is 12.8. The minimum Gasteiger partial charge on any atom is -0.490 e. The van der Waals surface area contributed by atoms with Gasteiger partial charge in [-0.1, -0.05) is 23.7 Å². The Kier molecular flexibility index (Phi) is 6.57. The van der Waals surface area contributed by atoms with Crippen LogP contribution in [0, 0.1) is 17.1 Å². The van der Waals surface area contributed by atoms with Gasteiger partial charge in [0.1, 0.15) is 29.8 Å². The summed E-state index contributed by atoms with van der Waals surface area (Å²) < 4.78 is 30.8. The Morgan fingerprint density at radius 2 is 2.09 bits per heavy atom. The zero-order chi connectivity index (χ0) is 23.5. The highest BCUT2D eigenvalue weighted by atomic mass is 35.5. The summed E-state index contributed by atoms with van der Waals surface area (Å²) in [6.07, 6.45) is 1.60. The standard InChI is InChI=1S/C25H22ClFN2O4/c1-2-31-21-11-15(10-18(26)24(21)32-13-14-5-3-6-16(27)9-14)22-17(12-28)25(29)33-20-8-4-7-19(30)23(20)22/h3,5-6,9-11,22H,2,4,7-8,13,29H2,1H3/t22-/m0/s1. The summed E-state index contributed by atoms with van der Waals surface area (Å²) in [5.74, 6) is -0.0358. The zero-order valence-electron chi connectivity index (χ0n) is 18.0. The second-order valence-corrected chi connectivity index (χ2v) is 8.13. The highest BCUT2D eigenvalue weighted by Crippen LogP contribution is 2.47. The van der Waals surface area contributed by atoms with Crippen LogP contribution in [0.1, 0.15) is 43.2 Å². The number of Topliss-reactive ketones (excluding diaryl/α,β-unsaturated/α-hetero) is 1. The number of benzene rings is 2. The van der Waals surface area contributed by atoms with E-state index >= 15 is 0 Å². The van der Waals surface area contributed by atoms with E-state index in [4.69, 9.17) is 31.5 Å². The third kappa shape index (κ3) is 4.53. The van der Waals surface area contributed by atoms with Crippen molar-refractivity contribution in [2.45, 2.75) is 38.7 Å². The summed E-state index contributed by atoms with van der Waals surface area (Å²) in [7, 11) is 0. The third-order valence-electron chi connectivity index (χ3n) is 5.54. The molecule has 1 atom stereocenters. The van der Waals surface area contributed by atoms with Crippen molar-refractivity contribution in [1.29, 1.82) is 5.26 Å². The van der Waals surface area contributed by atoms with Gasteiger partial charge in [-0.25, -0.2) is 4.39 Å². The van der Waals surface area contributed by atoms with Crippen molar-refractivity contribution in [3.05, 3.63) is 81.2 Å². The van der Waals surface area contributed by atoms with Crippen LogP contribution < -0.4 is 15.2 Å². The van der Waals surface area contributed by atoms with Crippen LogP contribution in [0.2, 0.25) is 5.02 Å². The molecule has 2 aromatic carbocycles. The van der Waals surface area contributed by atoms with Crippen LogP contribution in [0.25, 0.3) is 0 Å². The van der Waals surface area contributed by atoms with Crippen LogP contribution >= 0.6 is 11.6 Å². The van der Waals surface area contributed by atoms with Crippen LogP contribution in [-0.2, 0) is 16.1 Å². The lowest BCUT2D eigenvalue weighted by molar-refractivity contribution is -0.116. The number of carbonyl (C=O) groups excluding carboxylic acids is 1. The Morgan fingerprint density at radius 3 is 2.82 bits per heavy atom. The molecule has 0 fully saturated rings. The van der Waals surface area contributed by atoms with E-state index < -0.39 is 5.92 Å². The van der Waals surface area contributed by atoms with Gasteiger partial charge >= 0.3 is 0 Å². The first-order valence-electron chi connectivity index (χ1n) is 10.6. The highest BCUT2D eigenvalue weighted by molar-refractivity contribution is 6.32. The predicted octanol–water partition coefficient (Wildman–Crippen LogP) is 5.27. The molecule has 170 valence electrons. The molecule has 0 saturated heterocycles. The Morgan fingerprint density at radius 1 is 1.27 bits per heavy atom. The van der Waals surface area contributed by atoms with Gasteiger partial charge in [-0.3, -0.25) is 4.79 Å². The highest BCUT2D eigenvalue weighted by Gasteiger charge is 2.38. The van der Waals surface area contributed by atoms with Gasteiger partial charge in [-0.05, 0) is 48.7 Å². The number of rotatable bonds is 6. The van der Waals surface area contributed by atoms with E-state index in [0.29, 0.717) is 59.8 Å². The van der Waals surface area contributed by atoms with Crippen molar-refractivity contribution < 1.29 is 23.4 Å². The Balaban J connectivity index is 1.76. The minimum absolute atomic E-state index is 0.0172. The molecule has 0 spiro atoms. The van der Waals surface area contributed by atoms with E-state index in [0.717, 1.165) is 0 Å². The fraction of sp³-hybridized carbons (Fsp3) is 0.280. The number of ketones is 1. The summed E-state index contributed by atoms with van der Waals surface area (Å²) in [5.41, 5.74) is 7.81. The summed E-state index contributed by atoms with van der Waals surface area (Å²) in [6.45, 7) is 2.23. The van der Waals surface area contributed by atoms with E-state index in [-0.39, 0.29) is 34.7 Å². The summed E-state index contributed by atoms with van der Waals surface area (Å²) in [5, 5.41) is 10.0. The molecule has 0 amide bonds. The molecule has 33 heavy (non-hydrogen) atoms. The van der Waals surface area contributed by atoms with Gasteiger partial charge in [0.05, 0.1) is 17.5 Å². The van der Waals surface area contributed by atoms with Crippen LogP contribution in [0.4, 0.5) is 4.39 Å². The number of hydrogen-bond acceptors (Lipinski definition) is 6. The minimum atomic E-state index is -0.708. The third-order valence-corrected chi connectivity index (χ3v) is 5.82. The van der Waals surface area contributed by atoms with Gasteiger partial charge in [-0.2, -0.15) is 5.26 Å². The van der Waals surface area contributed by atoms with Gasteiger partial charge < -0.3 is 19.9 Å². The van der Waals surface area contributed by atoms with Crippen LogP contribution in [0.3, 0.4) is 0 Å². The first-order chi connectivity index (χ1) is 15.9. The van der Waals surface area contributed by atoms with E-state index in [1.807, 2.05) is 6.92 Å². The number of nitrogens with zero attached hydrogens (tertiary/aromatic N) is 1. The zero-order valence-corrected chi connectivity index (χ0v) is 18.7. The normalized spacial score (nSPS) is 17.9. The molecule has 0 bridgehead atoms. The smallest absolute Gasteiger partial charge is 0.205 e. The lowest BCUT2D eigenvalue weighted by Gasteiger charge is -2.31. The number of ether oxygens (including phenoxy) is 3. The van der Waals surface area contributed by atoms with Crippen LogP contribution in [0.5, 0.6) is 11.5 Å². The molecular formula is C25H22ClFN2O4. The van der Waals surface area contributed by atoms with Crippen molar-refractivity contribution in [1.82, 2.24) is 0 Å². The van der Waals surface area contributed by atoms with E-state index in [2.05, 4.69) is 6.07 Å². The molecule has 2 aromatic rings. The fourth-order valence-corrected chi connectivity index (χ4v) is 4.40. The van der Waals surface area contributed by atoms with Gasteiger partial charge in [0.2, 0.25) is 5.88 Å². The molecule has 6 nitrogen and oxygen atoms in total. The fourth-order valence-electron chi connectivity index (χ4n) is 4.13. The van der Waals surface area contributed by atoms with Crippen LogP contribution in [-0.4, -0.2) is 12.4 Å². The van der Waals surface area contributed by atoms with E-state index in [1.165, 1.54) is 12.1 Å². The first-order valence-corrected chi connectivity index (χ1v) is 11.0. The molecule has 0 aromatic heterocycles. The number of carbonyl (C=O) groups is 1. The van der Waals surface area contributed by atoms with Gasteiger partial charge in [0.25, 0.3) is 0 Å². The SMILES string of the molecule is CCOc1cc([C@H]2C(C#N)=C(N)OC3=C2C(=O)CCC3)cc(Cl)c1OCc1cccc(F)c1. The summed E-state index contributed by atoms with van der Waals surface area (Å²) in [6, 6.07) is 11.5. The number of allylic oxidation sites excluding steroid dienone is 3. The number of nitrogens with two attached hydrogens (primary N) is 1. The molecule has 1 heterocycles. The van der Waals surface area contributed by atoms with Crippen molar-refractivity contribution in [3.63, 3.8) is 0 Å². The molecule has 8 heteroatoms. The molecule has 1 aliphatic carbocycles. The lowest BCUT2D eigenvalue weighted by atomic mass is 9.77. The average Bonchev–Trinajstić information content (AvgIpc) is 2.78. The average molecular weight is 469 g/mol. The molecule has 0 saturated carbocycles. The van der Waals surface area contributed by atoms with Crippen molar-refractivity contribution in [3.8, 4) is 17.6 Å². The molecule has 2 aliphatic rings. The maximum Gasteiger partial charge on any atom is 0.205 e. The Bertz CT molecular complexity index is 1220. The molecule has 0 unspecified atom stereocenters. The maximum absolute atomic E-state index is 13.5. The van der Waals surface area contributed by atoms with Crippen LogP contribution in [0.15, 0.2) is 59.2 Å². The van der Waals surface area contributed by atoms with Crippen molar-refractivity contribution in [2.24, 2.45) is 5.73 Å². The molecule has 1 aliphatic heterocycles. The monoisotopic (exact) mass is 468 g/mol. The molecule has 4 rings (SSSR count). The lowest BCUT2D eigenvalue weighted by Crippen LogP contribution is -2.27. The predicted molar refractivity (Wildman–Crippen MR) is 120 cm³/mol. The maximum atomic E-state index is 13.5. The molecule has 2 N–H and O–H groups in total. The van der Waals surface area contributed by atoms with Gasteiger partial charge in [-0.15, -0.1) is 0 Å². The first kappa shape index (κ1) is 22.7. The molecule has 0 radical (unpaired) electrons. The quantitative estimate of drug-likeness (QED) is 0.620. The largest absolute Gasteiger partial charge is 0.490 e. The number of hydrogen-bond donors (Lipinski definition) is 1. The molecular weight excluding hydrogens is 447 g/mol. The Hall–Kier alpha value is -3.50. The Labute approximate surface area is 196 Å². The van der Waals surface area contributed by atoms with Crippen molar-refractivity contribution >= 4 is 17.4 Å². The van der Waals surface area contributed by atoms with Gasteiger partial charge in [0, 0.05) is 18.4 Å². The number of nitriles is 1.